The molecule has 1 aliphatic rings. The number of ether oxygens (including phenoxy) is 1. The minimum atomic E-state index is -0.924. The summed E-state index contributed by atoms with van der Waals surface area (Å²) >= 11 is 0. The van der Waals surface area contributed by atoms with Crippen molar-refractivity contribution >= 4 is 5.91 Å². The number of pyridine rings is 1. The quantitative estimate of drug-likeness (QED) is 0.545. The van der Waals surface area contributed by atoms with E-state index in [4.69, 9.17) is 15.0 Å². The number of aliphatic hydroxyl groups is 1. The summed E-state index contributed by atoms with van der Waals surface area (Å²) in [6.45, 7) is 6.30. The number of aromatic nitrogens is 3. The molecule has 0 radical (unpaired) electrons. The summed E-state index contributed by atoms with van der Waals surface area (Å²) in [7, 11) is 0. The van der Waals surface area contributed by atoms with Crippen molar-refractivity contribution in [3.63, 3.8) is 0 Å². The molecule has 1 amide bonds. The lowest BCUT2D eigenvalue weighted by Gasteiger charge is -2.25. The van der Waals surface area contributed by atoms with Crippen LogP contribution in [0.1, 0.15) is 37.5 Å². The van der Waals surface area contributed by atoms with Gasteiger partial charge in [0.15, 0.2) is 0 Å². The van der Waals surface area contributed by atoms with Crippen LogP contribution in [0.25, 0.3) is 22.8 Å². The van der Waals surface area contributed by atoms with E-state index in [1.165, 1.54) is 13.1 Å². The average molecular weight is 477 g/mol. The molecule has 10 nitrogen and oxygen atoms in total. The van der Waals surface area contributed by atoms with Gasteiger partial charge in [0.05, 0.1) is 17.8 Å². The summed E-state index contributed by atoms with van der Waals surface area (Å²) in [5.41, 5.74) is 9.68. The van der Waals surface area contributed by atoms with Crippen molar-refractivity contribution in [1.29, 1.82) is 5.26 Å². The van der Waals surface area contributed by atoms with E-state index < -0.39 is 12.1 Å². The third-order valence-corrected chi connectivity index (χ3v) is 5.88. The summed E-state index contributed by atoms with van der Waals surface area (Å²) in [6.07, 6.45) is 1.88. The maximum Gasteiger partial charge on any atom is 0.259 e. The van der Waals surface area contributed by atoms with Gasteiger partial charge in [-0.25, -0.2) is 4.98 Å². The second-order valence-electron chi connectivity index (χ2n) is 8.85. The number of nitrogens with two attached hydrogens (primary N) is 1. The van der Waals surface area contributed by atoms with Crippen LogP contribution in [0.5, 0.6) is 5.88 Å². The van der Waals surface area contributed by atoms with Crippen molar-refractivity contribution in [1.82, 2.24) is 20.0 Å². The molecule has 1 unspecified atom stereocenters. The van der Waals surface area contributed by atoms with Gasteiger partial charge in [0.2, 0.25) is 17.6 Å². The predicted octanol–water partition coefficient (Wildman–Crippen LogP) is 2.09. The highest BCUT2D eigenvalue weighted by Gasteiger charge is 2.26. The minimum Gasteiger partial charge on any atom is -0.474 e. The molecule has 35 heavy (non-hydrogen) atoms. The number of hydrogen-bond donors (Lipinski definition) is 2. The topological polar surface area (TPSA) is 151 Å². The molecule has 1 aliphatic heterocycles. The first-order chi connectivity index (χ1) is 16.8. The molecule has 0 saturated heterocycles. The third kappa shape index (κ3) is 5.31. The highest BCUT2D eigenvalue weighted by molar-refractivity contribution is 5.82. The van der Waals surface area contributed by atoms with Crippen molar-refractivity contribution in [2.75, 3.05) is 13.1 Å². The standard InChI is InChI=1S/C25H28N6O4/c1-14(2)34-23-19(12-26)11-20(13-28-23)24-29-22(30-35-24)18-5-4-16-6-8-31(9-7-17(16)10-18)25(33)21(27)15(3)32/h4-5,10-11,13-15,21,32H,6-9,27H2,1-3H3/t15?,21-/m0/s1. The number of amides is 1. The molecule has 2 atom stereocenters. The number of carbonyl (C=O) groups excluding carboxylic acids is 1. The Labute approximate surface area is 203 Å². The molecule has 0 fully saturated rings. The van der Waals surface area contributed by atoms with Gasteiger partial charge in [-0.15, -0.1) is 0 Å². The van der Waals surface area contributed by atoms with Gasteiger partial charge in [-0.05, 0) is 56.9 Å². The fourth-order valence-electron chi connectivity index (χ4n) is 3.93. The maximum atomic E-state index is 12.6. The zero-order valence-electron chi connectivity index (χ0n) is 19.9. The van der Waals surface area contributed by atoms with E-state index in [2.05, 4.69) is 21.2 Å². The molecule has 0 bridgehead atoms. The summed E-state index contributed by atoms with van der Waals surface area (Å²) in [5.74, 6) is 0.681. The Kier molecular flexibility index (Phi) is 7.10. The number of fused-ring (bicyclic) bond motifs is 1. The Bertz CT molecular complexity index is 1260. The largest absolute Gasteiger partial charge is 0.474 e. The third-order valence-electron chi connectivity index (χ3n) is 5.88. The molecule has 182 valence electrons. The monoisotopic (exact) mass is 476 g/mol. The average Bonchev–Trinajstić information content (AvgIpc) is 3.24. The number of benzene rings is 1. The van der Waals surface area contributed by atoms with Crippen LogP contribution < -0.4 is 10.5 Å². The lowest BCUT2D eigenvalue weighted by Crippen LogP contribution is -2.49. The minimum absolute atomic E-state index is 0.108. The van der Waals surface area contributed by atoms with Gasteiger partial charge in [0.25, 0.3) is 5.89 Å². The van der Waals surface area contributed by atoms with E-state index in [1.807, 2.05) is 32.0 Å². The van der Waals surface area contributed by atoms with Crippen LogP contribution in [0.4, 0.5) is 0 Å². The van der Waals surface area contributed by atoms with Gasteiger partial charge >= 0.3 is 0 Å². The van der Waals surface area contributed by atoms with Crippen LogP contribution in [0.2, 0.25) is 0 Å². The molecule has 10 heteroatoms. The number of nitriles is 1. The fourth-order valence-corrected chi connectivity index (χ4v) is 3.93. The Morgan fingerprint density at radius 2 is 1.94 bits per heavy atom. The van der Waals surface area contributed by atoms with Gasteiger partial charge in [-0.2, -0.15) is 10.2 Å². The van der Waals surface area contributed by atoms with E-state index in [1.54, 1.807) is 11.0 Å². The molecule has 0 saturated carbocycles. The van der Waals surface area contributed by atoms with Gasteiger partial charge in [-0.1, -0.05) is 17.3 Å². The molecule has 4 rings (SSSR count). The van der Waals surface area contributed by atoms with Gasteiger partial charge in [0.1, 0.15) is 17.7 Å². The van der Waals surface area contributed by atoms with Crippen LogP contribution in [-0.4, -0.2) is 62.4 Å². The highest BCUT2D eigenvalue weighted by atomic mass is 16.5. The maximum absolute atomic E-state index is 12.6. The molecule has 0 aliphatic carbocycles. The molecule has 3 heterocycles. The number of hydrogen-bond acceptors (Lipinski definition) is 9. The first kappa shape index (κ1) is 24.3. The normalized spacial score (nSPS) is 15.2. The smallest absolute Gasteiger partial charge is 0.259 e. The first-order valence-electron chi connectivity index (χ1n) is 11.5. The van der Waals surface area contributed by atoms with Crippen LogP contribution >= 0.6 is 0 Å². The number of aliphatic hydroxyl groups excluding tert-OH is 1. The number of carbonyl (C=O) groups is 1. The number of nitrogens with zero attached hydrogens (tertiary/aromatic N) is 5. The van der Waals surface area contributed by atoms with E-state index >= 15 is 0 Å². The number of rotatable bonds is 6. The van der Waals surface area contributed by atoms with Gasteiger partial charge in [-0.3, -0.25) is 4.79 Å². The predicted molar refractivity (Wildman–Crippen MR) is 127 cm³/mol. The van der Waals surface area contributed by atoms with Crippen molar-refractivity contribution in [3.05, 3.63) is 47.2 Å². The van der Waals surface area contributed by atoms with E-state index in [0.717, 1.165) is 16.7 Å². The SMILES string of the molecule is CC(C)Oc1ncc(-c2nc(-c3ccc4c(c3)CCN(C(=O)[C@@H](N)C(C)O)CC4)no2)cc1C#N. The van der Waals surface area contributed by atoms with Crippen molar-refractivity contribution < 1.29 is 19.2 Å². The van der Waals surface area contributed by atoms with Crippen LogP contribution in [0.3, 0.4) is 0 Å². The molecular weight excluding hydrogens is 448 g/mol. The Balaban J connectivity index is 1.53. The lowest BCUT2D eigenvalue weighted by molar-refractivity contribution is -0.134. The highest BCUT2D eigenvalue weighted by Crippen LogP contribution is 2.28. The molecule has 1 aromatic carbocycles. The fraction of sp³-hybridized carbons (Fsp3) is 0.400. The summed E-state index contributed by atoms with van der Waals surface area (Å²) in [6, 6.07) is 8.71. The van der Waals surface area contributed by atoms with Gasteiger partial charge < -0.3 is 25.0 Å². The summed E-state index contributed by atoms with van der Waals surface area (Å²) in [4.78, 5) is 23.0. The second-order valence-corrected chi connectivity index (χ2v) is 8.85. The Hall–Kier alpha value is -3.81. The first-order valence-corrected chi connectivity index (χ1v) is 11.5. The summed E-state index contributed by atoms with van der Waals surface area (Å²) < 4.78 is 11.0. The van der Waals surface area contributed by atoms with E-state index in [9.17, 15) is 15.2 Å². The van der Waals surface area contributed by atoms with Crippen molar-refractivity contribution in [2.45, 2.75) is 51.9 Å². The zero-order valence-corrected chi connectivity index (χ0v) is 19.9. The molecule has 2 aromatic heterocycles. The Morgan fingerprint density at radius 3 is 2.63 bits per heavy atom. The van der Waals surface area contributed by atoms with Crippen LogP contribution in [0.15, 0.2) is 35.0 Å². The van der Waals surface area contributed by atoms with E-state index in [-0.39, 0.29) is 29.3 Å². The van der Waals surface area contributed by atoms with Crippen molar-refractivity contribution in [3.8, 4) is 34.8 Å². The second kappa shape index (κ2) is 10.2. The molecular formula is C25H28N6O4. The lowest BCUT2D eigenvalue weighted by atomic mass is 10.00. The molecule has 3 aromatic rings. The Morgan fingerprint density at radius 1 is 1.20 bits per heavy atom. The van der Waals surface area contributed by atoms with Crippen LogP contribution in [-0.2, 0) is 17.6 Å². The van der Waals surface area contributed by atoms with E-state index in [0.29, 0.717) is 37.3 Å². The van der Waals surface area contributed by atoms with Gasteiger partial charge in [0, 0.05) is 24.8 Å². The summed E-state index contributed by atoms with van der Waals surface area (Å²) in [5, 5.41) is 23.2. The van der Waals surface area contributed by atoms with Crippen LogP contribution in [0, 0.1) is 11.3 Å². The molecule has 0 spiro atoms. The van der Waals surface area contributed by atoms with Crippen molar-refractivity contribution in [2.24, 2.45) is 5.73 Å². The zero-order chi connectivity index (χ0) is 25.1. The molecule has 3 N–H and O–H groups in total.